The Morgan fingerprint density at radius 2 is 1.69 bits per heavy atom. The molecule has 1 aromatic carbocycles. The van der Waals surface area contributed by atoms with Crippen LogP contribution in [0.15, 0.2) is 42.6 Å². The maximum Gasteiger partial charge on any atom is 0.416 e. The van der Waals surface area contributed by atoms with Crippen LogP contribution in [0.4, 0.5) is 30.4 Å². The number of hydrogen-bond acceptors (Lipinski definition) is 6. The molecule has 0 aliphatic carbocycles. The van der Waals surface area contributed by atoms with Crippen molar-refractivity contribution in [2.75, 3.05) is 61.8 Å². The third kappa shape index (κ3) is 7.00. The Bertz CT molecular complexity index is 951. The fourth-order valence-corrected chi connectivity index (χ4v) is 4.68. The number of piperidine rings is 1. The van der Waals surface area contributed by atoms with Gasteiger partial charge in [-0.2, -0.15) is 13.2 Å². The summed E-state index contributed by atoms with van der Waals surface area (Å²) in [7, 11) is 0. The van der Waals surface area contributed by atoms with Crippen LogP contribution in [0.5, 0.6) is 0 Å². The van der Waals surface area contributed by atoms with Crippen molar-refractivity contribution in [3.05, 3.63) is 48.2 Å². The molecule has 4 rings (SSSR count). The second-order valence-corrected chi connectivity index (χ2v) is 9.25. The van der Waals surface area contributed by atoms with Gasteiger partial charge in [0, 0.05) is 57.4 Å². The number of benzene rings is 1. The van der Waals surface area contributed by atoms with E-state index in [4.69, 9.17) is 5.73 Å². The van der Waals surface area contributed by atoms with Gasteiger partial charge in [-0.15, -0.1) is 0 Å². The molecule has 2 aliphatic heterocycles. The fourth-order valence-electron chi connectivity index (χ4n) is 4.68. The van der Waals surface area contributed by atoms with Crippen molar-refractivity contribution in [3.8, 4) is 0 Å². The second-order valence-electron chi connectivity index (χ2n) is 9.25. The Morgan fingerprint density at radius 1 is 1.00 bits per heavy atom. The Morgan fingerprint density at radius 3 is 2.29 bits per heavy atom. The lowest BCUT2D eigenvalue weighted by Gasteiger charge is -2.36. The third-order valence-corrected chi connectivity index (χ3v) is 6.78. The molecule has 2 aliphatic rings. The highest BCUT2D eigenvalue weighted by Crippen LogP contribution is 2.30. The fraction of sp³-hybridized carbons (Fsp3) is 0.520. The highest BCUT2D eigenvalue weighted by atomic mass is 19.4. The van der Waals surface area contributed by atoms with Crippen molar-refractivity contribution in [1.29, 1.82) is 0 Å². The molecule has 190 valence electrons. The van der Waals surface area contributed by atoms with Crippen molar-refractivity contribution >= 4 is 23.1 Å². The van der Waals surface area contributed by atoms with Crippen LogP contribution in [0.2, 0.25) is 0 Å². The number of alkyl halides is 3. The Kier molecular flexibility index (Phi) is 8.00. The number of anilines is 3. The molecule has 35 heavy (non-hydrogen) atoms. The van der Waals surface area contributed by atoms with Gasteiger partial charge in [0.25, 0.3) is 0 Å². The number of nitrogen functional groups attached to an aromatic ring is 1. The number of pyridine rings is 1. The molecule has 0 spiro atoms. The van der Waals surface area contributed by atoms with Crippen molar-refractivity contribution in [2.45, 2.75) is 37.9 Å². The zero-order chi connectivity index (χ0) is 24.8. The van der Waals surface area contributed by atoms with Crippen LogP contribution in [0, 0.1) is 0 Å². The normalized spacial score (nSPS) is 18.0. The molecule has 2 saturated heterocycles. The minimum Gasteiger partial charge on any atom is -0.397 e. The minimum absolute atomic E-state index is 0.206. The van der Waals surface area contributed by atoms with E-state index >= 15 is 0 Å². The molecule has 3 heterocycles. The van der Waals surface area contributed by atoms with E-state index in [-0.39, 0.29) is 5.91 Å². The number of carbonyl (C=O) groups is 1. The van der Waals surface area contributed by atoms with E-state index in [9.17, 15) is 18.0 Å². The average Bonchev–Trinajstić information content (AvgIpc) is 2.86. The van der Waals surface area contributed by atoms with Crippen molar-refractivity contribution in [3.63, 3.8) is 0 Å². The summed E-state index contributed by atoms with van der Waals surface area (Å²) in [6.07, 6.45) is 0.461. The molecular weight excluding hydrogens is 457 g/mol. The molecular formula is C25H33F3N6O. The predicted molar refractivity (Wildman–Crippen MR) is 131 cm³/mol. The van der Waals surface area contributed by atoms with E-state index in [0.29, 0.717) is 18.2 Å². The number of rotatable bonds is 7. The van der Waals surface area contributed by atoms with Gasteiger partial charge in [-0.3, -0.25) is 9.69 Å². The number of hydrogen-bond donors (Lipinski definition) is 2. The van der Waals surface area contributed by atoms with E-state index in [1.807, 2.05) is 17.0 Å². The molecule has 0 bridgehead atoms. The number of piperazine rings is 1. The minimum atomic E-state index is -4.31. The molecule has 0 atom stereocenters. The first-order valence-electron chi connectivity index (χ1n) is 12.2. The summed E-state index contributed by atoms with van der Waals surface area (Å²) < 4.78 is 38.3. The van der Waals surface area contributed by atoms with Gasteiger partial charge in [0.05, 0.1) is 17.4 Å². The summed E-state index contributed by atoms with van der Waals surface area (Å²) >= 11 is 0. The number of nitrogens with one attached hydrogen (secondary N) is 1. The zero-order valence-corrected chi connectivity index (χ0v) is 19.8. The summed E-state index contributed by atoms with van der Waals surface area (Å²) in [6, 6.07) is 9.36. The molecule has 0 radical (unpaired) electrons. The van der Waals surface area contributed by atoms with Gasteiger partial charge in [0.15, 0.2) is 0 Å². The van der Waals surface area contributed by atoms with Crippen molar-refractivity contribution < 1.29 is 18.0 Å². The standard InChI is InChI=1S/C25H33F3N6O/c26-25(27,28)19-3-6-22(7-4-19)33-16-14-32(15-17-33)11-1-2-24(35)34-12-9-21(10-13-34)31-23-8-5-20(29)18-30-23/h3-8,18,21H,1-2,9-17,29H2,(H,30,31). The van der Waals surface area contributed by atoms with Crippen molar-refractivity contribution in [2.24, 2.45) is 0 Å². The maximum atomic E-state index is 12.8. The number of amides is 1. The number of aromatic nitrogens is 1. The molecule has 3 N–H and O–H groups in total. The monoisotopic (exact) mass is 490 g/mol. The topological polar surface area (TPSA) is 77.7 Å². The number of nitrogens with zero attached hydrogens (tertiary/aromatic N) is 4. The predicted octanol–water partition coefficient (Wildman–Crippen LogP) is 3.69. The van der Waals surface area contributed by atoms with Gasteiger partial charge in [0.2, 0.25) is 5.91 Å². The van der Waals surface area contributed by atoms with Crippen LogP contribution < -0.4 is 16.0 Å². The molecule has 0 unspecified atom stereocenters. The largest absolute Gasteiger partial charge is 0.416 e. The van der Waals surface area contributed by atoms with Crippen LogP contribution in [0.3, 0.4) is 0 Å². The van der Waals surface area contributed by atoms with Gasteiger partial charge >= 0.3 is 6.18 Å². The van der Waals surface area contributed by atoms with E-state index in [1.54, 1.807) is 18.3 Å². The SMILES string of the molecule is Nc1ccc(NC2CCN(C(=O)CCCN3CCN(c4ccc(C(F)(F)F)cc4)CC3)CC2)nc1. The van der Waals surface area contributed by atoms with Crippen molar-refractivity contribution in [1.82, 2.24) is 14.8 Å². The highest BCUT2D eigenvalue weighted by molar-refractivity contribution is 5.76. The van der Waals surface area contributed by atoms with Gasteiger partial charge in [-0.1, -0.05) is 0 Å². The zero-order valence-electron chi connectivity index (χ0n) is 19.8. The van der Waals surface area contributed by atoms with Crippen LogP contribution in [0.1, 0.15) is 31.2 Å². The van der Waals surface area contributed by atoms with Crippen LogP contribution >= 0.6 is 0 Å². The molecule has 0 saturated carbocycles. The van der Waals surface area contributed by atoms with E-state index in [0.717, 1.165) is 88.7 Å². The molecule has 2 fully saturated rings. The number of nitrogens with two attached hydrogens (primary N) is 1. The van der Waals surface area contributed by atoms with Gasteiger partial charge in [-0.05, 0) is 62.2 Å². The Labute approximate surface area is 204 Å². The summed E-state index contributed by atoms with van der Waals surface area (Å²) in [6.45, 7) is 5.56. The number of likely N-dealkylation sites (tertiary alicyclic amines) is 1. The van der Waals surface area contributed by atoms with Crippen LogP contribution in [-0.2, 0) is 11.0 Å². The van der Waals surface area contributed by atoms with Gasteiger partial charge in [-0.25, -0.2) is 4.98 Å². The molecule has 10 heteroatoms. The molecule has 2 aromatic rings. The summed E-state index contributed by atoms with van der Waals surface area (Å²) in [5, 5.41) is 3.41. The quantitative estimate of drug-likeness (QED) is 0.617. The lowest BCUT2D eigenvalue weighted by molar-refractivity contribution is -0.137. The first kappa shape index (κ1) is 25.1. The first-order chi connectivity index (χ1) is 16.8. The third-order valence-electron chi connectivity index (χ3n) is 6.78. The van der Waals surface area contributed by atoms with Gasteiger partial charge in [0.1, 0.15) is 5.82 Å². The lowest BCUT2D eigenvalue weighted by Crippen LogP contribution is -2.47. The maximum absolute atomic E-state index is 12.8. The number of halogens is 3. The smallest absolute Gasteiger partial charge is 0.397 e. The van der Waals surface area contributed by atoms with E-state index in [1.165, 1.54) is 0 Å². The lowest BCUT2D eigenvalue weighted by atomic mass is 10.0. The molecule has 7 nitrogen and oxygen atoms in total. The van der Waals surface area contributed by atoms with E-state index in [2.05, 4.69) is 20.1 Å². The Balaban J connectivity index is 1.12. The van der Waals surface area contributed by atoms with Crippen LogP contribution in [0.25, 0.3) is 0 Å². The van der Waals surface area contributed by atoms with E-state index < -0.39 is 11.7 Å². The molecule has 1 aromatic heterocycles. The average molecular weight is 491 g/mol. The van der Waals surface area contributed by atoms with Gasteiger partial charge < -0.3 is 20.9 Å². The first-order valence-corrected chi connectivity index (χ1v) is 12.2. The molecule has 1 amide bonds. The highest BCUT2D eigenvalue weighted by Gasteiger charge is 2.30. The summed E-state index contributed by atoms with van der Waals surface area (Å²) in [5.74, 6) is 1.01. The van der Waals surface area contributed by atoms with Crippen LogP contribution in [-0.4, -0.2) is 72.5 Å². The summed E-state index contributed by atoms with van der Waals surface area (Å²) in [5.41, 5.74) is 6.51. The number of carbonyl (C=O) groups excluding carboxylic acids is 1. The second kappa shape index (κ2) is 11.2. The Hall–Kier alpha value is -3.01. The summed E-state index contributed by atoms with van der Waals surface area (Å²) in [4.78, 5) is 23.3.